The number of rotatable bonds is 9. The Bertz CT molecular complexity index is 1370. The average Bonchev–Trinajstić information content (AvgIpc) is 2.91. The van der Waals surface area contributed by atoms with Crippen LogP contribution in [0.5, 0.6) is 0 Å². The molecule has 3 aromatic carbocycles. The summed E-state index contributed by atoms with van der Waals surface area (Å²) >= 11 is 0. The number of ether oxygens (including phenoxy) is 1. The summed E-state index contributed by atoms with van der Waals surface area (Å²) in [5.74, 6) is -2.93. The maximum atomic E-state index is 13.5. The monoisotopic (exact) mass is 512 g/mol. The number of nitrogens with one attached hydrogen (secondary N) is 1. The fourth-order valence-corrected chi connectivity index (χ4v) is 4.94. The summed E-state index contributed by atoms with van der Waals surface area (Å²) in [5, 5.41) is 24.4. The number of esters is 1. The van der Waals surface area contributed by atoms with Gasteiger partial charge in [-0.05, 0) is 37.0 Å². The third-order valence-electron chi connectivity index (χ3n) is 6.67. The van der Waals surface area contributed by atoms with Gasteiger partial charge < -0.3 is 15.2 Å². The Kier molecular flexibility index (Phi) is 8.01. The highest BCUT2D eigenvalue weighted by molar-refractivity contribution is 5.99. The molecule has 0 saturated heterocycles. The second kappa shape index (κ2) is 11.6. The zero-order valence-corrected chi connectivity index (χ0v) is 21.1. The molecule has 0 amide bonds. The fourth-order valence-electron chi connectivity index (χ4n) is 4.94. The number of nitro benzene ring substituents is 1. The van der Waals surface area contributed by atoms with Gasteiger partial charge in [-0.2, -0.15) is 0 Å². The van der Waals surface area contributed by atoms with E-state index in [4.69, 9.17) is 4.74 Å². The lowest BCUT2D eigenvalue weighted by atomic mass is 9.80. The van der Waals surface area contributed by atoms with Gasteiger partial charge in [0.2, 0.25) is 0 Å². The predicted octanol–water partition coefficient (Wildman–Crippen LogP) is 5.68. The van der Waals surface area contributed by atoms with E-state index in [-0.39, 0.29) is 29.4 Å². The number of non-ortho nitro benzene ring substituents is 1. The summed E-state index contributed by atoms with van der Waals surface area (Å²) < 4.78 is 5.73. The van der Waals surface area contributed by atoms with Crippen LogP contribution in [-0.4, -0.2) is 28.6 Å². The van der Waals surface area contributed by atoms with Gasteiger partial charge >= 0.3 is 11.9 Å². The fraction of sp³-hybridized carbons (Fsp3) is 0.200. The molecule has 0 fully saturated rings. The lowest BCUT2D eigenvalue weighted by Crippen LogP contribution is -2.32. The van der Waals surface area contributed by atoms with Crippen molar-refractivity contribution in [1.82, 2.24) is 5.32 Å². The molecule has 1 heterocycles. The second-order valence-corrected chi connectivity index (χ2v) is 9.09. The van der Waals surface area contributed by atoms with Crippen LogP contribution in [0.4, 0.5) is 5.69 Å². The Hall–Kier alpha value is -4.72. The number of hydrogen-bond acceptors (Lipinski definition) is 6. The molecule has 0 saturated carbocycles. The molecule has 38 heavy (non-hydrogen) atoms. The van der Waals surface area contributed by atoms with Crippen molar-refractivity contribution in [2.24, 2.45) is 0 Å². The number of aliphatic carboxylic acids is 1. The van der Waals surface area contributed by atoms with Gasteiger partial charge in [-0.25, -0.2) is 9.59 Å². The van der Waals surface area contributed by atoms with Crippen molar-refractivity contribution in [1.29, 1.82) is 0 Å². The van der Waals surface area contributed by atoms with Crippen molar-refractivity contribution in [3.63, 3.8) is 0 Å². The molecule has 0 radical (unpaired) electrons. The molecular formula is C30H28N2O6. The van der Waals surface area contributed by atoms with Crippen molar-refractivity contribution >= 4 is 17.6 Å². The van der Waals surface area contributed by atoms with E-state index < -0.39 is 22.8 Å². The van der Waals surface area contributed by atoms with Crippen molar-refractivity contribution in [3.05, 3.63) is 134 Å². The highest BCUT2D eigenvalue weighted by Crippen LogP contribution is 2.40. The standard InChI is InChI=1S/C30H28N2O6/c1-19-26(29(33)34)28(23-14-9-15-24(18-23)32(36)37)27(20(2)31-19)30(35)38-17-16-25(21-10-5-3-6-11-21)22-12-7-4-8-13-22/h3-15,18,25,28,31H,16-17H2,1-2H3,(H,33,34). The van der Waals surface area contributed by atoms with Crippen LogP contribution in [0.1, 0.15) is 48.8 Å². The van der Waals surface area contributed by atoms with E-state index in [1.54, 1.807) is 19.9 Å². The number of carboxylic acids is 1. The molecule has 0 aromatic heterocycles. The molecule has 4 rings (SSSR count). The van der Waals surface area contributed by atoms with Crippen LogP contribution in [0.3, 0.4) is 0 Å². The van der Waals surface area contributed by atoms with Crippen LogP contribution >= 0.6 is 0 Å². The van der Waals surface area contributed by atoms with Crippen LogP contribution < -0.4 is 5.32 Å². The Balaban J connectivity index is 1.62. The molecular weight excluding hydrogens is 484 g/mol. The molecule has 8 heteroatoms. The molecule has 1 unspecified atom stereocenters. The Morgan fingerprint density at radius 3 is 2.05 bits per heavy atom. The smallest absolute Gasteiger partial charge is 0.336 e. The summed E-state index contributed by atoms with van der Waals surface area (Å²) in [6.07, 6.45) is 0.516. The van der Waals surface area contributed by atoms with E-state index in [1.165, 1.54) is 18.2 Å². The molecule has 1 aliphatic rings. The normalized spacial score (nSPS) is 15.3. The first-order valence-corrected chi connectivity index (χ1v) is 12.2. The molecule has 1 atom stereocenters. The number of nitrogens with zero attached hydrogens (tertiary/aromatic N) is 1. The number of allylic oxidation sites excluding steroid dienone is 2. The minimum atomic E-state index is -1.22. The summed E-state index contributed by atoms with van der Waals surface area (Å²) in [7, 11) is 0. The van der Waals surface area contributed by atoms with E-state index in [9.17, 15) is 24.8 Å². The van der Waals surface area contributed by atoms with Gasteiger partial charge in [-0.3, -0.25) is 10.1 Å². The highest BCUT2D eigenvalue weighted by atomic mass is 16.6. The van der Waals surface area contributed by atoms with Crippen LogP contribution in [-0.2, 0) is 14.3 Å². The molecule has 0 bridgehead atoms. The Morgan fingerprint density at radius 2 is 1.50 bits per heavy atom. The SMILES string of the molecule is CC1=C(C(=O)O)C(c2cccc([N+](=O)[O-])c2)C(C(=O)OCCC(c2ccccc2)c2ccccc2)=C(C)N1. The van der Waals surface area contributed by atoms with Crippen LogP contribution in [0.15, 0.2) is 107 Å². The Labute approximate surface area is 220 Å². The van der Waals surface area contributed by atoms with Gasteiger partial charge in [-0.15, -0.1) is 0 Å². The van der Waals surface area contributed by atoms with Crippen LogP contribution in [0, 0.1) is 10.1 Å². The van der Waals surface area contributed by atoms with Crippen molar-refractivity contribution < 1.29 is 24.4 Å². The lowest BCUT2D eigenvalue weighted by Gasteiger charge is -2.29. The number of dihydropyridines is 1. The molecule has 2 N–H and O–H groups in total. The van der Waals surface area contributed by atoms with E-state index >= 15 is 0 Å². The zero-order chi connectivity index (χ0) is 27.2. The third kappa shape index (κ3) is 5.64. The maximum absolute atomic E-state index is 13.5. The van der Waals surface area contributed by atoms with Gasteiger partial charge in [0.1, 0.15) is 0 Å². The average molecular weight is 513 g/mol. The minimum Gasteiger partial charge on any atom is -0.478 e. The van der Waals surface area contributed by atoms with Crippen molar-refractivity contribution in [3.8, 4) is 0 Å². The van der Waals surface area contributed by atoms with Gasteiger partial charge in [0.25, 0.3) is 5.69 Å². The van der Waals surface area contributed by atoms with Crippen molar-refractivity contribution in [2.75, 3.05) is 6.61 Å². The minimum absolute atomic E-state index is 0.00551. The first-order valence-electron chi connectivity index (χ1n) is 12.2. The number of carbonyl (C=O) groups is 2. The molecule has 3 aromatic rings. The number of benzene rings is 3. The number of carboxylic acid groups (broad SMARTS) is 1. The topological polar surface area (TPSA) is 119 Å². The van der Waals surface area contributed by atoms with Gasteiger partial charge in [0.05, 0.1) is 28.6 Å². The predicted molar refractivity (Wildman–Crippen MR) is 142 cm³/mol. The van der Waals surface area contributed by atoms with Gasteiger partial charge in [0.15, 0.2) is 0 Å². The van der Waals surface area contributed by atoms with E-state index in [1.807, 2.05) is 60.7 Å². The third-order valence-corrected chi connectivity index (χ3v) is 6.67. The van der Waals surface area contributed by atoms with Gasteiger partial charge in [0, 0.05) is 29.4 Å². The largest absolute Gasteiger partial charge is 0.478 e. The quantitative estimate of drug-likeness (QED) is 0.215. The highest BCUT2D eigenvalue weighted by Gasteiger charge is 2.37. The molecule has 8 nitrogen and oxygen atoms in total. The Morgan fingerprint density at radius 1 is 0.921 bits per heavy atom. The molecule has 194 valence electrons. The summed E-state index contributed by atoms with van der Waals surface area (Å²) in [5.41, 5.74) is 3.17. The van der Waals surface area contributed by atoms with Crippen LogP contribution in [0.25, 0.3) is 0 Å². The first kappa shape index (κ1) is 26.3. The number of hydrogen-bond donors (Lipinski definition) is 2. The van der Waals surface area contributed by atoms with Gasteiger partial charge in [-0.1, -0.05) is 72.8 Å². The maximum Gasteiger partial charge on any atom is 0.336 e. The lowest BCUT2D eigenvalue weighted by molar-refractivity contribution is -0.384. The van der Waals surface area contributed by atoms with E-state index in [2.05, 4.69) is 5.32 Å². The number of carbonyl (C=O) groups excluding carboxylic acids is 1. The van der Waals surface area contributed by atoms with E-state index in [0.29, 0.717) is 23.4 Å². The molecule has 1 aliphatic heterocycles. The molecule has 0 aliphatic carbocycles. The number of nitro groups is 1. The summed E-state index contributed by atoms with van der Waals surface area (Å²) in [6.45, 7) is 3.36. The second-order valence-electron chi connectivity index (χ2n) is 9.09. The summed E-state index contributed by atoms with van der Waals surface area (Å²) in [4.78, 5) is 36.6. The van der Waals surface area contributed by atoms with E-state index in [0.717, 1.165) is 11.1 Å². The van der Waals surface area contributed by atoms with Crippen molar-refractivity contribution in [2.45, 2.75) is 32.1 Å². The zero-order valence-electron chi connectivity index (χ0n) is 21.1. The van der Waals surface area contributed by atoms with Crippen LogP contribution in [0.2, 0.25) is 0 Å². The first-order chi connectivity index (χ1) is 18.3. The summed E-state index contributed by atoms with van der Waals surface area (Å²) in [6, 6.07) is 25.5. The molecule has 0 spiro atoms.